The van der Waals surface area contributed by atoms with Crippen molar-refractivity contribution in [1.82, 2.24) is 15.3 Å². The molecule has 0 radical (unpaired) electrons. The molecular formula is C18H18N4O3. The number of aryl methyl sites for hydroxylation is 2. The molecule has 0 bridgehead atoms. The van der Waals surface area contributed by atoms with Crippen LogP contribution in [0.3, 0.4) is 0 Å². The number of hydrogen-bond acceptors (Lipinski definition) is 6. The Bertz CT molecular complexity index is 907. The first-order valence-electron chi connectivity index (χ1n) is 8.26. The molecule has 7 nitrogen and oxygen atoms in total. The van der Waals surface area contributed by atoms with Gasteiger partial charge in [-0.1, -0.05) is 28.0 Å². The number of nitrogens with one attached hydrogen (secondary N) is 1. The van der Waals surface area contributed by atoms with Gasteiger partial charge in [0.2, 0.25) is 5.91 Å². The summed E-state index contributed by atoms with van der Waals surface area (Å²) in [4.78, 5) is 16.5. The fraction of sp³-hybridized carbons (Fsp3) is 0.333. The first-order chi connectivity index (χ1) is 12.1. The van der Waals surface area contributed by atoms with Gasteiger partial charge in [-0.25, -0.2) is 0 Å². The Morgan fingerprint density at radius 3 is 2.64 bits per heavy atom. The largest absolute Gasteiger partial charge is 0.360 e. The fourth-order valence-corrected chi connectivity index (χ4v) is 2.68. The van der Waals surface area contributed by atoms with Crippen molar-refractivity contribution in [3.63, 3.8) is 0 Å². The predicted octanol–water partition coefficient (Wildman–Crippen LogP) is 3.40. The topological polar surface area (TPSA) is 94.1 Å². The summed E-state index contributed by atoms with van der Waals surface area (Å²) in [7, 11) is 0. The Morgan fingerprint density at radius 2 is 1.92 bits per heavy atom. The number of anilines is 1. The van der Waals surface area contributed by atoms with Gasteiger partial charge < -0.3 is 14.4 Å². The molecule has 2 aromatic heterocycles. The Morgan fingerprint density at radius 1 is 1.16 bits per heavy atom. The van der Waals surface area contributed by atoms with E-state index in [-0.39, 0.29) is 12.3 Å². The fourth-order valence-electron chi connectivity index (χ4n) is 2.68. The van der Waals surface area contributed by atoms with Crippen LogP contribution in [0.2, 0.25) is 0 Å². The summed E-state index contributed by atoms with van der Waals surface area (Å²) in [5.41, 5.74) is 3.36. The maximum absolute atomic E-state index is 12.2. The lowest BCUT2D eigenvalue weighted by molar-refractivity contribution is -0.115. The highest BCUT2D eigenvalue weighted by Crippen LogP contribution is 2.45. The SMILES string of the molecule is Cc1ccc(NC(=O)Cc2noc(-c3c(C)noc3C3CC3)n2)cc1. The molecule has 4 rings (SSSR count). The van der Waals surface area contributed by atoms with Gasteiger partial charge in [-0.3, -0.25) is 4.79 Å². The number of carbonyl (C=O) groups is 1. The van der Waals surface area contributed by atoms with Gasteiger partial charge in [0.1, 0.15) is 5.56 Å². The Labute approximate surface area is 144 Å². The van der Waals surface area contributed by atoms with Crippen LogP contribution in [-0.4, -0.2) is 21.2 Å². The van der Waals surface area contributed by atoms with Crippen molar-refractivity contribution in [1.29, 1.82) is 0 Å². The molecule has 0 spiro atoms. The summed E-state index contributed by atoms with van der Waals surface area (Å²) >= 11 is 0. The van der Waals surface area contributed by atoms with Gasteiger partial charge >= 0.3 is 0 Å². The summed E-state index contributed by atoms with van der Waals surface area (Å²) in [6, 6.07) is 7.60. The van der Waals surface area contributed by atoms with Crippen LogP contribution in [-0.2, 0) is 11.2 Å². The predicted molar refractivity (Wildman–Crippen MR) is 90.0 cm³/mol. The molecule has 7 heteroatoms. The van der Waals surface area contributed by atoms with Gasteiger partial charge in [0, 0.05) is 11.6 Å². The summed E-state index contributed by atoms with van der Waals surface area (Å²) in [5, 5.41) is 10.7. The molecule has 1 aromatic carbocycles. The van der Waals surface area contributed by atoms with Crippen molar-refractivity contribution in [2.75, 3.05) is 5.32 Å². The van der Waals surface area contributed by atoms with E-state index < -0.39 is 0 Å². The molecule has 0 unspecified atom stereocenters. The zero-order valence-electron chi connectivity index (χ0n) is 14.1. The maximum atomic E-state index is 12.2. The molecule has 1 fully saturated rings. The van der Waals surface area contributed by atoms with Crippen LogP contribution in [0.5, 0.6) is 0 Å². The van der Waals surface area contributed by atoms with E-state index >= 15 is 0 Å². The molecule has 1 aliphatic carbocycles. The van der Waals surface area contributed by atoms with E-state index in [1.165, 1.54) is 0 Å². The minimum absolute atomic E-state index is 0.0421. The van der Waals surface area contributed by atoms with E-state index in [0.29, 0.717) is 17.6 Å². The van der Waals surface area contributed by atoms with E-state index in [1.54, 1.807) is 0 Å². The molecule has 0 saturated heterocycles. The molecule has 25 heavy (non-hydrogen) atoms. The zero-order valence-corrected chi connectivity index (χ0v) is 14.1. The zero-order chi connectivity index (χ0) is 17.4. The van der Waals surface area contributed by atoms with Crippen LogP contribution in [0.25, 0.3) is 11.5 Å². The highest BCUT2D eigenvalue weighted by Gasteiger charge is 2.34. The Kier molecular flexibility index (Phi) is 3.83. The van der Waals surface area contributed by atoms with Gasteiger partial charge in [-0.2, -0.15) is 4.98 Å². The van der Waals surface area contributed by atoms with Crippen molar-refractivity contribution >= 4 is 11.6 Å². The van der Waals surface area contributed by atoms with Crippen molar-refractivity contribution in [3.05, 3.63) is 47.1 Å². The van der Waals surface area contributed by atoms with Gasteiger partial charge in [0.05, 0.1) is 12.1 Å². The van der Waals surface area contributed by atoms with E-state index in [1.807, 2.05) is 38.1 Å². The Balaban J connectivity index is 1.47. The average Bonchev–Trinajstić information content (AvgIpc) is 3.22. The molecule has 128 valence electrons. The molecule has 0 atom stereocenters. The van der Waals surface area contributed by atoms with Crippen LogP contribution in [0.1, 0.15) is 41.6 Å². The quantitative estimate of drug-likeness (QED) is 0.766. The third kappa shape index (κ3) is 3.31. The highest BCUT2D eigenvalue weighted by atomic mass is 16.5. The lowest BCUT2D eigenvalue weighted by atomic mass is 10.1. The van der Waals surface area contributed by atoms with Crippen molar-refractivity contribution in [2.24, 2.45) is 0 Å². The number of rotatable bonds is 5. The van der Waals surface area contributed by atoms with Crippen molar-refractivity contribution < 1.29 is 13.8 Å². The molecular weight excluding hydrogens is 320 g/mol. The number of amides is 1. The van der Waals surface area contributed by atoms with E-state index in [2.05, 4.69) is 20.6 Å². The summed E-state index contributed by atoms with van der Waals surface area (Å²) < 4.78 is 10.7. The normalized spacial score (nSPS) is 13.8. The van der Waals surface area contributed by atoms with Gasteiger partial charge in [-0.15, -0.1) is 0 Å². The molecule has 1 amide bonds. The number of aromatic nitrogens is 3. The summed E-state index contributed by atoms with van der Waals surface area (Å²) in [5.74, 6) is 1.69. The smallest absolute Gasteiger partial charge is 0.263 e. The maximum Gasteiger partial charge on any atom is 0.263 e. The first-order valence-corrected chi connectivity index (χ1v) is 8.26. The second-order valence-corrected chi connectivity index (χ2v) is 6.39. The molecule has 3 aromatic rings. The van der Waals surface area contributed by atoms with Crippen LogP contribution in [0.15, 0.2) is 33.3 Å². The van der Waals surface area contributed by atoms with E-state index in [0.717, 1.165) is 41.1 Å². The average molecular weight is 338 g/mol. The Hall–Kier alpha value is -2.96. The van der Waals surface area contributed by atoms with Crippen molar-refractivity contribution in [3.8, 4) is 11.5 Å². The van der Waals surface area contributed by atoms with E-state index in [9.17, 15) is 4.79 Å². The molecule has 1 saturated carbocycles. The lowest BCUT2D eigenvalue weighted by Gasteiger charge is -2.03. The van der Waals surface area contributed by atoms with Crippen molar-refractivity contribution in [2.45, 2.75) is 39.0 Å². The van der Waals surface area contributed by atoms with Crippen LogP contribution in [0.4, 0.5) is 5.69 Å². The number of benzene rings is 1. The summed E-state index contributed by atoms with van der Waals surface area (Å²) in [6.45, 7) is 3.84. The van der Waals surface area contributed by atoms with Crippen LogP contribution < -0.4 is 5.32 Å². The molecule has 1 aliphatic rings. The number of carbonyl (C=O) groups excluding carboxylic acids is 1. The molecule has 1 N–H and O–H groups in total. The lowest BCUT2D eigenvalue weighted by Crippen LogP contribution is -2.15. The highest BCUT2D eigenvalue weighted by molar-refractivity contribution is 5.91. The minimum atomic E-state index is -0.194. The van der Waals surface area contributed by atoms with E-state index in [4.69, 9.17) is 9.05 Å². The first kappa shape index (κ1) is 15.6. The van der Waals surface area contributed by atoms with Gasteiger partial charge in [0.25, 0.3) is 5.89 Å². The van der Waals surface area contributed by atoms with Gasteiger partial charge in [-0.05, 0) is 38.8 Å². The monoisotopic (exact) mass is 338 g/mol. The standard InChI is InChI=1S/C18H18N4O3/c1-10-3-7-13(8-4-10)19-15(23)9-14-20-18(25-22-14)16-11(2)21-24-17(16)12-5-6-12/h3-4,7-8,12H,5-6,9H2,1-2H3,(H,19,23). The van der Waals surface area contributed by atoms with Crippen LogP contribution >= 0.6 is 0 Å². The van der Waals surface area contributed by atoms with Gasteiger partial charge in [0.15, 0.2) is 11.6 Å². The summed E-state index contributed by atoms with van der Waals surface area (Å²) in [6.07, 6.45) is 2.21. The van der Waals surface area contributed by atoms with Crippen LogP contribution in [0, 0.1) is 13.8 Å². The third-order valence-electron chi connectivity index (χ3n) is 4.17. The third-order valence-corrected chi connectivity index (χ3v) is 4.17. The second-order valence-electron chi connectivity index (χ2n) is 6.39. The minimum Gasteiger partial charge on any atom is -0.360 e. The second kappa shape index (κ2) is 6.16. The number of hydrogen-bond donors (Lipinski definition) is 1. The number of nitrogens with zero attached hydrogens (tertiary/aromatic N) is 3. The molecule has 2 heterocycles. The molecule has 0 aliphatic heterocycles.